The van der Waals surface area contributed by atoms with Crippen LogP contribution < -0.4 is 5.84 Å². The summed E-state index contributed by atoms with van der Waals surface area (Å²) in [7, 11) is 1.77. The molecule has 0 bridgehead atoms. The number of nitrogens with zero attached hydrogens (tertiary/aromatic N) is 1. The van der Waals surface area contributed by atoms with Crippen LogP contribution in [-0.2, 0) is 0 Å². The predicted octanol–water partition coefficient (Wildman–Crippen LogP) is 0.882. The van der Waals surface area contributed by atoms with Crippen LogP contribution in [0, 0.1) is 0 Å². The van der Waals surface area contributed by atoms with Crippen molar-refractivity contribution in [3.8, 4) is 0 Å². The summed E-state index contributed by atoms with van der Waals surface area (Å²) in [5.41, 5.74) is 1.06. The van der Waals surface area contributed by atoms with E-state index in [9.17, 15) is 0 Å². The highest BCUT2D eigenvalue weighted by molar-refractivity contribution is 5.11. The molecule has 0 radical (unpaired) electrons. The first-order chi connectivity index (χ1) is 3.66. The van der Waals surface area contributed by atoms with Crippen molar-refractivity contribution in [3.05, 3.63) is 24.4 Å². The molecular formula is C6H12N2. The van der Waals surface area contributed by atoms with Crippen molar-refractivity contribution < 1.29 is 0 Å². The van der Waals surface area contributed by atoms with Crippen molar-refractivity contribution in [2.24, 2.45) is 5.84 Å². The van der Waals surface area contributed by atoms with Gasteiger partial charge in [0.2, 0.25) is 0 Å². The third-order valence-electron chi connectivity index (χ3n) is 0.729. The molecule has 0 saturated heterocycles. The quantitative estimate of drug-likeness (QED) is 0.326. The van der Waals surface area contributed by atoms with E-state index in [1.165, 1.54) is 5.01 Å². The largest absolute Gasteiger partial charge is 0.321 e. The van der Waals surface area contributed by atoms with E-state index in [2.05, 4.69) is 6.58 Å². The van der Waals surface area contributed by atoms with Gasteiger partial charge >= 0.3 is 0 Å². The lowest BCUT2D eigenvalue weighted by atomic mass is 10.3. The first-order valence-electron chi connectivity index (χ1n) is 2.45. The van der Waals surface area contributed by atoms with Gasteiger partial charge in [-0.1, -0.05) is 12.7 Å². The highest BCUT2D eigenvalue weighted by Gasteiger charge is 1.78. The summed E-state index contributed by atoms with van der Waals surface area (Å²) in [6, 6.07) is 0. The van der Waals surface area contributed by atoms with E-state index >= 15 is 0 Å². The van der Waals surface area contributed by atoms with E-state index in [1.54, 1.807) is 19.3 Å². The van der Waals surface area contributed by atoms with Gasteiger partial charge in [-0.2, -0.15) is 0 Å². The molecule has 0 aromatic carbocycles. The first kappa shape index (κ1) is 7.24. The maximum Gasteiger partial charge on any atom is 0.0223 e. The molecule has 0 aliphatic rings. The maximum absolute atomic E-state index is 5.28. The average molecular weight is 112 g/mol. The fourth-order valence-electron chi connectivity index (χ4n) is 0.374. The van der Waals surface area contributed by atoms with Crippen LogP contribution in [0.3, 0.4) is 0 Å². The van der Waals surface area contributed by atoms with Crippen molar-refractivity contribution in [2.45, 2.75) is 6.92 Å². The molecular weight excluding hydrogens is 100 g/mol. The second-order valence-electron chi connectivity index (χ2n) is 1.74. The Morgan fingerprint density at radius 2 is 2.25 bits per heavy atom. The number of hydrogen-bond donors (Lipinski definition) is 1. The maximum atomic E-state index is 5.28. The highest BCUT2D eigenvalue weighted by Crippen LogP contribution is 1.90. The fourth-order valence-corrected chi connectivity index (χ4v) is 0.374. The highest BCUT2D eigenvalue weighted by atomic mass is 15.4. The van der Waals surface area contributed by atoms with Crippen LogP contribution in [0.2, 0.25) is 0 Å². The van der Waals surface area contributed by atoms with Crippen LogP contribution in [0.4, 0.5) is 0 Å². The molecule has 0 rings (SSSR count). The third kappa shape index (κ3) is 3.43. The smallest absolute Gasteiger partial charge is 0.0223 e. The summed E-state index contributed by atoms with van der Waals surface area (Å²) >= 11 is 0. The molecule has 0 fully saturated rings. The van der Waals surface area contributed by atoms with E-state index < -0.39 is 0 Å². The van der Waals surface area contributed by atoms with Crippen molar-refractivity contribution in [1.29, 1.82) is 0 Å². The molecule has 0 aromatic heterocycles. The van der Waals surface area contributed by atoms with Crippen LogP contribution in [-0.4, -0.2) is 12.1 Å². The van der Waals surface area contributed by atoms with Crippen molar-refractivity contribution in [2.75, 3.05) is 7.05 Å². The molecule has 0 unspecified atom stereocenters. The van der Waals surface area contributed by atoms with Gasteiger partial charge in [-0.15, -0.1) is 0 Å². The molecule has 0 spiro atoms. The average Bonchev–Trinajstić information content (AvgIpc) is 1.65. The van der Waals surface area contributed by atoms with E-state index in [-0.39, 0.29) is 0 Å². The summed E-state index contributed by atoms with van der Waals surface area (Å²) in [4.78, 5) is 0. The zero-order valence-electron chi connectivity index (χ0n) is 5.39. The molecule has 0 saturated carbocycles. The topological polar surface area (TPSA) is 29.3 Å². The van der Waals surface area contributed by atoms with Gasteiger partial charge in [-0.25, -0.2) is 5.84 Å². The molecule has 0 atom stereocenters. The monoisotopic (exact) mass is 112 g/mol. The van der Waals surface area contributed by atoms with E-state index in [1.807, 2.05) is 6.92 Å². The second-order valence-corrected chi connectivity index (χ2v) is 1.74. The Hall–Kier alpha value is -0.760. The van der Waals surface area contributed by atoms with Crippen molar-refractivity contribution in [1.82, 2.24) is 5.01 Å². The predicted molar refractivity (Wildman–Crippen MR) is 35.9 cm³/mol. The number of allylic oxidation sites excluding steroid dienone is 2. The molecule has 0 heterocycles. The van der Waals surface area contributed by atoms with Gasteiger partial charge in [-0.3, -0.25) is 0 Å². The summed E-state index contributed by atoms with van der Waals surface area (Å²) < 4.78 is 0. The van der Waals surface area contributed by atoms with Crippen LogP contribution in [0.15, 0.2) is 24.4 Å². The van der Waals surface area contributed by atoms with E-state index in [0.717, 1.165) is 5.57 Å². The number of nitrogens with two attached hydrogens (primary N) is 1. The minimum absolute atomic E-state index is 1.06. The molecule has 0 aliphatic heterocycles. The molecule has 46 valence electrons. The Bertz CT molecular complexity index is 103. The van der Waals surface area contributed by atoms with Gasteiger partial charge < -0.3 is 5.01 Å². The van der Waals surface area contributed by atoms with Crippen molar-refractivity contribution >= 4 is 0 Å². The van der Waals surface area contributed by atoms with Crippen LogP contribution in [0.5, 0.6) is 0 Å². The number of hydrazine groups is 1. The molecule has 2 heteroatoms. The Labute approximate surface area is 50.3 Å². The molecule has 2 nitrogen and oxygen atoms in total. The van der Waals surface area contributed by atoms with Crippen LogP contribution in [0.25, 0.3) is 0 Å². The van der Waals surface area contributed by atoms with E-state index in [4.69, 9.17) is 5.84 Å². The minimum atomic E-state index is 1.06. The van der Waals surface area contributed by atoms with Crippen LogP contribution >= 0.6 is 0 Å². The molecule has 0 aromatic rings. The lowest BCUT2D eigenvalue weighted by Gasteiger charge is -2.03. The third-order valence-corrected chi connectivity index (χ3v) is 0.729. The Kier molecular flexibility index (Phi) is 2.96. The number of hydrogen-bond acceptors (Lipinski definition) is 2. The molecule has 0 aliphatic carbocycles. The standard InChI is InChI=1S/C6H12N2/c1-4-6(2)5-8(3)7/h4-5H,1,7H2,2-3H3. The Morgan fingerprint density at radius 1 is 1.75 bits per heavy atom. The van der Waals surface area contributed by atoms with Gasteiger partial charge in [0.1, 0.15) is 0 Å². The van der Waals surface area contributed by atoms with Crippen LogP contribution in [0.1, 0.15) is 6.92 Å². The van der Waals surface area contributed by atoms with Gasteiger partial charge in [0.15, 0.2) is 0 Å². The SMILES string of the molecule is C=CC(C)=CN(C)N. The zero-order chi connectivity index (χ0) is 6.57. The van der Waals surface area contributed by atoms with Gasteiger partial charge in [0.25, 0.3) is 0 Å². The minimum Gasteiger partial charge on any atom is -0.321 e. The Morgan fingerprint density at radius 3 is 2.38 bits per heavy atom. The summed E-state index contributed by atoms with van der Waals surface area (Å²) in [5, 5.41) is 1.50. The second kappa shape index (κ2) is 3.27. The summed E-state index contributed by atoms with van der Waals surface area (Å²) in [6.45, 7) is 5.50. The molecule has 0 amide bonds. The Balaban J connectivity index is 3.74. The summed E-state index contributed by atoms with van der Waals surface area (Å²) in [5.74, 6) is 5.28. The molecule has 2 N–H and O–H groups in total. The van der Waals surface area contributed by atoms with E-state index in [0.29, 0.717) is 0 Å². The van der Waals surface area contributed by atoms with Gasteiger partial charge in [0, 0.05) is 13.2 Å². The fraction of sp³-hybridized carbons (Fsp3) is 0.333. The lowest BCUT2D eigenvalue weighted by molar-refractivity contribution is 0.482. The van der Waals surface area contributed by atoms with Gasteiger partial charge in [0.05, 0.1) is 0 Å². The summed E-state index contributed by atoms with van der Waals surface area (Å²) in [6.07, 6.45) is 3.55. The normalized spacial score (nSPS) is 11.1. The first-order valence-corrected chi connectivity index (χ1v) is 2.45. The number of rotatable bonds is 2. The zero-order valence-corrected chi connectivity index (χ0v) is 5.39. The lowest BCUT2D eigenvalue weighted by Crippen LogP contribution is -2.18. The molecule has 8 heavy (non-hydrogen) atoms. The van der Waals surface area contributed by atoms with Gasteiger partial charge in [-0.05, 0) is 12.5 Å². The van der Waals surface area contributed by atoms with Crippen molar-refractivity contribution in [3.63, 3.8) is 0 Å².